The van der Waals surface area contributed by atoms with Crippen molar-refractivity contribution in [3.8, 4) is 0 Å². The summed E-state index contributed by atoms with van der Waals surface area (Å²) < 4.78 is 0. The minimum Gasteiger partial charge on any atom is -0.339 e. The van der Waals surface area contributed by atoms with Gasteiger partial charge in [-0.05, 0) is 51.6 Å². The van der Waals surface area contributed by atoms with Gasteiger partial charge < -0.3 is 10.2 Å². The van der Waals surface area contributed by atoms with Crippen molar-refractivity contribution in [3.05, 3.63) is 0 Å². The number of unbranched alkanes of at least 4 members (excludes halogenated alkanes) is 1. The average Bonchev–Trinajstić information content (AvgIpc) is 3.24. The van der Waals surface area contributed by atoms with Crippen molar-refractivity contribution in [2.75, 3.05) is 19.6 Å². The Morgan fingerprint density at radius 2 is 1.94 bits per heavy atom. The molecule has 18 heavy (non-hydrogen) atoms. The Morgan fingerprint density at radius 1 is 1.28 bits per heavy atom. The van der Waals surface area contributed by atoms with E-state index < -0.39 is 0 Å². The van der Waals surface area contributed by atoms with Crippen molar-refractivity contribution in [2.24, 2.45) is 5.41 Å². The minimum atomic E-state index is -0.0540. The highest BCUT2D eigenvalue weighted by Gasteiger charge is 2.44. The third-order valence-corrected chi connectivity index (χ3v) is 4.69. The van der Waals surface area contributed by atoms with Crippen LogP contribution in [0.2, 0.25) is 0 Å². The van der Waals surface area contributed by atoms with Crippen LogP contribution in [0, 0.1) is 5.41 Å². The van der Waals surface area contributed by atoms with E-state index in [1.54, 1.807) is 0 Å². The molecule has 1 aliphatic carbocycles. The number of carbonyl (C=O) groups excluding carboxylic acids is 1. The second kappa shape index (κ2) is 6.05. The second-order valence-corrected chi connectivity index (χ2v) is 5.97. The predicted molar refractivity (Wildman–Crippen MR) is 74.5 cm³/mol. The SMILES string of the molecule is CCCCN(C(=O)C1(CC)CCNCC1)C1CC1. The summed E-state index contributed by atoms with van der Waals surface area (Å²) >= 11 is 0. The Kier molecular flexibility index (Phi) is 4.66. The van der Waals surface area contributed by atoms with Gasteiger partial charge in [-0.2, -0.15) is 0 Å². The van der Waals surface area contributed by atoms with Gasteiger partial charge in [-0.1, -0.05) is 20.3 Å². The molecule has 0 atom stereocenters. The zero-order valence-electron chi connectivity index (χ0n) is 12.0. The normalized spacial score (nSPS) is 22.8. The van der Waals surface area contributed by atoms with Gasteiger partial charge in [0.05, 0.1) is 5.41 Å². The lowest BCUT2D eigenvalue weighted by molar-refractivity contribution is -0.145. The minimum absolute atomic E-state index is 0.0540. The number of nitrogens with one attached hydrogen (secondary N) is 1. The van der Waals surface area contributed by atoms with E-state index in [-0.39, 0.29) is 5.41 Å². The van der Waals surface area contributed by atoms with Gasteiger partial charge >= 0.3 is 0 Å². The van der Waals surface area contributed by atoms with Crippen LogP contribution < -0.4 is 5.32 Å². The highest BCUT2D eigenvalue weighted by molar-refractivity contribution is 5.83. The quantitative estimate of drug-likeness (QED) is 0.788. The van der Waals surface area contributed by atoms with E-state index in [0.717, 1.165) is 45.3 Å². The fourth-order valence-electron chi connectivity index (χ4n) is 3.09. The predicted octanol–water partition coefficient (Wildman–Crippen LogP) is 2.56. The topological polar surface area (TPSA) is 32.3 Å². The largest absolute Gasteiger partial charge is 0.339 e. The number of piperidine rings is 1. The first kappa shape index (κ1) is 13.9. The van der Waals surface area contributed by atoms with Gasteiger partial charge in [0.25, 0.3) is 0 Å². The Hall–Kier alpha value is -0.570. The van der Waals surface area contributed by atoms with E-state index in [1.807, 2.05) is 0 Å². The van der Waals surface area contributed by atoms with Crippen LogP contribution in [-0.4, -0.2) is 36.5 Å². The molecular weight excluding hydrogens is 224 g/mol. The lowest BCUT2D eigenvalue weighted by Gasteiger charge is -2.39. The van der Waals surface area contributed by atoms with E-state index in [2.05, 4.69) is 24.1 Å². The molecule has 3 nitrogen and oxygen atoms in total. The van der Waals surface area contributed by atoms with Crippen molar-refractivity contribution in [1.29, 1.82) is 0 Å². The molecule has 3 heteroatoms. The van der Waals surface area contributed by atoms with Crippen molar-refractivity contribution in [3.63, 3.8) is 0 Å². The number of rotatable bonds is 6. The van der Waals surface area contributed by atoms with Gasteiger partial charge in [0.15, 0.2) is 0 Å². The summed E-state index contributed by atoms with van der Waals surface area (Å²) in [6.45, 7) is 7.39. The summed E-state index contributed by atoms with van der Waals surface area (Å²) in [7, 11) is 0. The third-order valence-electron chi connectivity index (χ3n) is 4.69. The molecule has 2 fully saturated rings. The summed E-state index contributed by atoms with van der Waals surface area (Å²) in [4.78, 5) is 15.2. The molecule has 104 valence electrons. The van der Waals surface area contributed by atoms with Crippen molar-refractivity contribution >= 4 is 5.91 Å². The lowest BCUT2D eigenvalue weighted by Crippen LogP contribution is -2.50. The molecule has 1 saturated carbocycles. The van der Waals surface area contributed by atoms with Gasteiger partial charge in [-0.25, -0.2) is 0 Å². The maximum Gasteiger partial charge on any atom is 0.229 e. The summed E-state index contributed by atoms with van der Waals surface area (Å²) in [5.74, 6) is 0.461. The summed E-state index contributed by atoms with van der Waals surface area (Å²) in [6.07, 6.45) is 7.84. The van der Waals surface area contributed by atoms with Crippen molar-refractivity contribution in [1.82, 2.24) is 10.2 Å². The number of hydrogen-bond donors (Lipinski definition) is 1. The van der Waals surface area contributed by atoms with Gasteiger partial charge in [0.1, 0.15) is 0 Å². The zero-order chi connectivity index (χ0) is 13.0. The van der Waals surface area contributed by atoms with Crippen LogP contribution >= 0.6 is 0 Å². The first-order chi connectivity index (χ1) is 8.73. The van der Waals surface area contributed by atoms with Gasteiger partial charge in [0, 0.05) is 12.6 Å². The van der Waals surface area contributed by atoms with Crippen LogP contribution in [0.25, 0.3) is 0 Å². The lowest BCUT2D eigenvalue weighted by atomic mass is 9.75. The van der Waals surface area contributed by atoms with Crippen LogP contribution in [0.3, 0.4) is 0 Å². The highest BCUT2D eigenvalue weighted by Crippen LogP contribution is 2.38. The number of hydrogen-bond acceptors (Lipinski definition) is 2. The molecule has 0 aromatic carbocycles. The van der Waals surface area contributed by atoms with E-state index in [9.17, 15) is 4.79 Å². The molecule has 0 unspecified atom stereocenters. The number of carbonyl (C=O) groups is 1. The van der Waals surface area contributed by atoms with Gasteiger partial charge in [0.2, 0.25) is 5.91 Å². The summed E-state index contributed by atoms with van der Waals surface area (Å²) in [5.41, 5.74) is -0.0540. The van der Waals surface area contributed by atoms with Crippen molar-refractivity contribution < 1.29 is 4.79 Å². The fourth-order valence-corrected chi connectivity index (χ4v) is 3.09. The molecule has 2 aliphatic rings. The van der Waals surface area contributed by atoms with E-state index >= 15 is 0 Å². The Morgan fingerprint density at radius 3 is 2.44 bits per heavy atom. The molecule has 0 aromatic heterocycles. The molecule has 0 bridgehead atoms. The Bertz CT molecular complexity index is 280. The van der Waals surface area contributed by atoms with E-state index in [4.69, 9.17) is 0 Å². The maximum atomic E-state index is 12.9. The first-order valence-corrected chi connectivity index (χ1v) is 7.75. The first-order valence-electron chi connectivity index (χ1n) is 7.75. The van der Waals surface area contributed by atoms with Crippen LogP contribution in [0.1, 0.15) is 58.8 Å². The van der Waals surface area contributed by atoms with Crippen LogP contribution in [-0.2, 0) is 4.79 Å². The zero-order valence-corrected chi connectivity index (χ0v) is 12.0. The van der Waals surface area contributed by atoms with Crippen LogP contribution in [0.5, 0.6) is 0 Å². The second-order valence-electron chi connectivity index (χ2n) is 5.97. The van der Waals surface area contributed by atoms with Crippen LogP contribution in [0.4, 0.5) is 0 Å². The molecule has 0 spiro atoms. The summed E-state index contributed by atoms with van der Waals surface area (Å²) in [6, 6.07) is 0.572. The number of amides is 1. The average molecular weight is 252 g/mol. The molecule has 1 saturated heterocycles. The molecule has 0 aromatic rings. The molecule has 1 N–H and O–H groups in total. The molecular formula is C15H28N2O. The monoisotopic (exact) mass is 252 g/mol. The molecule has 0 radical (unpaired) electrons. The third kappa shape index (κ3) is 2.87. The van der Waals surface area contributed by atoms with Gasteiger partial charge in [-0.15, -0.1) is 0 Å². The maximum absolute atomic E-state index is 12.9. The summed E-state index contributed by atoms with van der Waals surface area (Å²) in [5, 5.41) is 3.38. The van der Waals surface area contributed by atoms with Crippen molar-refractivity contribution in [2.45, 2.75) is 64.8 Å². The van der Waals surface area contributed by atoms with Gasteiger partial charge in [-0.3, -0.25) is 4.79 Å². The van der Waals surface area contributed by atoms with Crippen LogP contribution in [0.15, 0.2) is 0 Å². The highest BCUT2D eigenvalue weighted by atomic mass is 16.2. The number of nitrogens with zero attached hydrogens (tertiary/aromatic N) is 1. The standard InChI is InChI=1S/C15H28N2O/c1-3-5-12-17(13-6-7-13)14(18)15(4-2)8-10-16-11-9-15/h13,16H,3-12H2,1-2H3. The Labute approximate surface area is 111 Å². The Balaban J connectivity index is 2.04. The molecule has 2 rings (SSSR count). The van der Waals surface area contributed by atoms with E-state index in [1.165, 1.54) is 19.3 Å². The smallest absolute Gasteiger partial charge is 0.229 e. The fraction of sp³-hybridized carbons (Fsp3) is 0.933. The van der Waals surface area contributed by atoms with E-state index in [0.29, 0.717) is 11.9 Å². The molecule has 1 aliphatic heterocycles. The molecule has 1 heterocycles. The molecule has 1 amide bonds.